The van der Waals surface area contributed by atoms with Crippen molar-refractivity contribution in [3.05, 3.63) is 17.6 Å². The highest BCUT2D eigenvalue weighted by Gasteiger charge is 2.23. The van der Waals surface area contributed by atoms with Gasteiger partial charge < -0.3 is 4.90 Å². The first-order valence-electron chi connectivity index (χ1n) is 7.30. The predicted octanol–water partition coefficient (Wildman–Crippen LogP) is 4.05. The van der Waals surface area contributed by atoms with Gasteiger partial charge in [-0.25, -0.2) is 9.97 Å². The molecule has 2 rings (SSSR count). The molecule has 0 N–H and O–H groups in total. The van der Waals surface area contributed by atoms with Crippen molar-refractivity contribution in [1.82, 2.24) is 9.97 Å². The summed E-state index contributed by atoms with van der Waals surface area (Å²) in [5.74, 6) is 2.48. The number of nitrogens with zero attached hydrogens (tertiary/aromatic N) is 3. The van der Waals surface area contributed by atoms with Gasteiger partial charge in [0, 0.05) is 35.6 Å². The lowest BCUT2D eigenvalue weighted by Crippen LogP contribution is -2.40. The molecule has 106 valence electrons. The van der Waals surface area contributed by atoms with Gasteiger partial charge in [0.25, 0.3) is 0 Å². The molecule has 0 aliphatic carbocycles. The summed E-state index contributed by atoms with van der Waals surface area (Å²) in [6.45, 7) is 7.52. The maximum absolute atomic E-state index is 4.79. The number of hydrogen-bond donors (Lipinski definition) is 0. The molecule has 2 heterocycles. The van der Waals surface area contributed by atoms with E-state index in [4.69, 9.17) is 4.98 Å². The summed E-state index contributed by atoms with van der Waals surface area (Å²) in [5, 5.41) is 1.06. The zero-order valence-corrected chi connectivity index (χ0v) is 13.8. The van der Waals surface area contributed by atoms with Crippen molar-refractivity contribution in [3.8, 4) is 0 Å². The Morgan fingerprint density at radius 1 is 1.37 bits per heavy atom. The van der Waals surface area contributed by atoms with Gasteiger partial charge in [-0.3, -0.25) is 0 Å². The molecule has 1 unspecified atom stereocenters. The Morgan fingerprint density at radius 3 is 2.84 bits per heavy atom. The van der Waals surface area contributed by atoms with E-state index in [-0.39, 0.29) is 0 Å². The Hall–Kier alpha value is -0.640. The monoisotopic (exact) mass is 325 g/mol. The van der Waals surface area contributed by atoms with Gasteiger partial charge >= 0.3 is 0 Å². The number of aryl methyl sites for hydroxylation is 1. The van der Waals surface area contributed by atoms with Crippen LogP contribution in [0.3, 0.4) is 0 Å². The van der Waals surface area contributed by atoms with Crippen LogP contribution in [0.1, 0.15) is 57.0 Å². The van der Waals surface area contributed by atoms with E-state index in [1.807, 2.05) is 0 Å². The molecule has 1 aliphatic rings. The summed E-state index contributed by atoms with van der Waals surface area (Å²) in [7, 11) is 0. The van der Waals surface area contributed by atoms with Gasteiger partial charge in [-0.2, -0.15) is 0 Å². The molecule has 1 aromatic heterocycles. The van der Waals surface area contributed by atoms with Crippen molar-refractivity contribution in [1.29, 1.82) is 0 Å². The minimum atomic E-state index is 0.387. The van der Waals surface area contributed by atoms with Gasteiger partial charge in [0.1, 0.15) is 11.6 Å². The second-order valence-corrected chi connectivity index (χ2v) is 6.49. The van der Waals surface area contributed by atoms with E-state index in [9.17, 15) is 0 Å². The molecule has 0 radical (unpaired) electrons. The van der Waals surface area contributed by atoms with E-state index in [0.717, 1.165) is 29.2 Å². The van der Waals surface area contributed by atoms with E-state index >= 15 is 0 Å². The van der Waals surface area contributed by atoms with Gasteiger partial charge in [-0.15, -0.1) is 0 Å². The molecular formula is C15H24BrN3. The molecule has 19 heavy (non-hydrogen) atoms. The summed E-state index contributed by atoms with van der Waals surface area (Å²) < 4.78 is 0. The maximum atomic E-state index is 4.79. The first-order valence-corrected chi connectivity index (χ1v) is 8.42. The minimum absolute atomic E-state index is 0.387. The Kier molecular flexibility index (Phi) is 5.20. The van der Waals surface area contributed by atoms with Crippen LogP contribution in [0, 0.1) is 6.92 Å². The third kappa shape index (κ3) is 3.68. The highest BCUT2D eigenvalue weighted by Crippen LogP contribution is 2.27. The second kappa shape index (κ2) is 6.69. The van der Waals surface area contributed by atoms with Gasteiger partial charge in [0.05, 0.1) is 0 Å². The van der Waals surface area contributed by atoms with Crippen molar-refractivity contribution < 1.29 is 0 Å². The lowest BCUT2D eigenvalue weighted by molar-refractivity contribution is 0.448. The number of halogens is 1. The molecule has 3 nitrogen and oxygen atoms in total. The Labute approximate surface area is 125 Å². The van der Waals surface area contributed by atoms with E-state index in [2.05, 4.69) is 52.7 Å². The molecule has 1 aliphatic heterocycles. The molecule has 0 aromatic carbocycles. The molecule has 1 atom stereocenters. The summed E-state index contributed by atoms with van der Waals surface area (Å²) >= 11 is 3.58. The minimum Gasteiger partial charge on any atom is -0.353 e. The van der Waals surface area contributed by atoms with Crippen LogP contribution < -0.4 is 4.90 Å². The fraction of sp³-hybridized carbons (Fsp3) is 0.733. The van der Waals surface area contributed by atoms with Crippen molar-refractivity contribution >= 4 is 21.7 Å². The standard InChI is InChI=1S/C15H24BrN3/c1-11(2)15-17-12(3)10-14(18-15)19-9-5-4-6-13(19)7-8-16/h10-11,13H,4-9H2,1-3H3. The normalized spacial score (nSPS) is 20.1. The molecule has 0 saturated carbocycles. The zero-order valence-electron chi connectivity index (χ0n) is 12.2. The smallest absolute Gasteiger partial charge is 0.133 e. The van der Waals surface area contributed by atoms with Crippen LogP contribution in [0.4, 0.5) is 5.82 Å². The van der Waals surface area contributed by atoms with E-state index in [1.54, 1.807) is 0 Å². The molecule has 0 amide bonds. The fourth-order valence-corrected chi connectivity index (χ4v) is 3.24. The fourth-order valence-electron chi connectivity index (χ4n) is 2.71. The van der Waals surface area contributed by atoms with Crippen LogP contribution in [-0.2, 0) is 0 Å². The summed E-state index contributed by atoms with van der Waals surface area (Å²) in [5.41, 5.74) is 1.08. The molecule has 0 spiro atoms. The number of piperidine rings is 1. The largest absolute Gasteiger partial charge is 0.353 e. The van der Waals surface area contributed by atoms with Crippen molar-refractivity contribution in [2.75, 3.05) is 16.8 Å². The van der Waals surface area contributed by atoms with E-state index in [0.29, 0.717) is 12.0 Å². The summed E-state index contributed by atoms with van der Waals surface area (Å²) in [4.78, 5) is 11.8. The third-order valence-corrected chi connectivity index (χ3v) is 4.20. The number of aromatic nitrogens is 2. The SMILES string of the molecule is Cc1cc(N2CCCCC2CCBr)nc(C(C)C)n1. The average molecular weight is 326 g/mol. The molecule has 1 aromatic rings. The Bertz CT molecular complexity index is 418. The van der Waals surface area contributed by atoms with Crippen LogP contribution >= 0.6 is 15.9 Å². The molecule has 4 heteroatoms. The summed E-state index contributed by atoms with van der Waals surface area (Å²) in [6.07, 6.45) is 5.10. The van der Waals surface area contributed by atoms with Gasteiger partial charge in [-0.1, -0.05) is 29.8 Å². The molecule has 0 bridgehead atoms. The third-order valence-electron chi connectivity index (χ3n) is 3.74. The van der Waals surface area contributed by atoms with Crippen LogP contribution in [0.25, 0.3) is 0 Å². The number of anilines is 1. The van der Waals surface area contributed by atoms with E-state index in [1.165, 1.54) is 25.7 Å². The van der Waals surface area contributed by atoms with Gasteiger partial charge in [0.2, 0.25) is 0 Å². The number of alkyl halides is 1. The van der Waals surface area contributed by atoms with Crippen molar-refractivity contribution in [2.45, 2.75) is 58.4 Å². The topological polar surface area (TPSA) is 29.0 Å². The van der Waals surface area contributed by atoms with Gasteiger partial charge in [-0.05, 0) is 32.6 Å². The van der Waals surface area contributed by atoms with Crippen LogP contribution in [0.5, 0.6) is 0 Å². The lowest BCUT2D eigenvalue weighted by atomic mass is 10.00. The molecular weight excluding hydrogens is 302 g/mol. The van der Waals surface area contributed by atoms with Crippen LogP contribution in [-0.4, -0.2) is 27.9 Å². The highest BCUT2D eigenvalue weighted by atomic mass is 79.9. The molecule has 1 fully saturated rings. The van der Waals surface area contributed by atoms with Crippen LogP contribution in [0.2, 0.25) is 0 Å². The lowest BCUT2D eigenvalue weighted by Gasteiger charge is -2.36. The Balaban J connectivity index is 2.27. The van der Waals surface area contributed by atoms with Gasteiger partial charge in [0.15, 0.2) is 0 Å². The van der Waals surface area contributed by atoms with Crippen LogP contribution in [0.15, 0.2) is 6.07 Å². The molecule has 1 saturated heterocycles. The maximum Gasteiger partial charge on any atom is 0.133 e. The number of rotatable bonds is 4. The highest BCUT2D eigenvalue weighted by molar-refractivity contribution is 9.09. The van der Waals surface area contributed by atoms with Crippen molar-refractivity contribution in [3.63, 3.8) is 0 Å². The first kappa shape index (κ1) is 14.8. The summed E-state index contributed by atoms with van der Waals surface area (Å²) in [6, 6.07) is 2.76. The predicted molar refractivity (Wildman–Crippen MR) is 84.3 cm³/mol. The first-order chi connectivity index (χ1) is 9.11. The Morgan fingerprint density at radius 2 is 2.16 bits per heavy atom. The average Bonchev–Trinajstić information content (AvgIpc) is 2.39. The zero-order chi connectivity index (χ0) is 13.8. The number of hydrogen-bond acceptors (Lipinski definition) is 3. The van der Waals surface area contributed by atoms with Crippen molar-refractivity contribution in [2.24, 2.45) is 0 Å². The second-order valence-electron chi connectivity index (χ2n) is 5.70. The van der Waals surface area contributed by atoms with E-state index < -0.39 is 0 Å². The quantitative estimate of drug-likeness (QED) is 0.782.